The van der Waals surface area contributed by atoms with Crippen LogP contribution in [0.4, 0.5) is 0 Å². The zero-order chi connectivity index (χ0) is 11.7. The van der Waals surface area contributed by atoms with Gasteiger partial charge in [-0.3, -0.25) is 0 Å². The van der Waals surface area contributed by atoms with Gasteiger partial charge < -0.3 is 0 Å². The Bertz CT molecular complexity index is 209. The number of nitrogens with two attached hydrogens (primary N) is 1. The average molecular weight is 277 g/mol. The Balaban J connectivity index is 3.52. The third-order valence-corrected chi connectivity index (χ3v) is 6.25. The zero-order valence-corrected chi connectivity index (χ0v) is 11.3. The molecule has 15 heavy (non-hydrogen) atoms. The number of carbonyl (C=O) groups excluding carboxylic acids is 1. The molecule has 0 spiro atoms. The molecule has 0 rings (SSSR count). The van der Waals surface area contributed by atoms with Crippen LogP contribution in [-0.4, -0.2) is 32.7 Å². The van der Waals surface area contributed by atoms with Crippen molar-refractivity contribution in [3.05, 3.63) is 0 Å². The van der Waals surface area contributed by atoms with Crippen LogP contribution in [0.3, 0.4) is 0 Å². The van der Waals surface area contributed by atoms with Crippen LogP contribution in [0.25, 0.3) is 0 Å². The SMILES string of the molecule is CCC(CCC(=O)O)[AsH]CCCC(N)=O. The van der Waals surface area contributed by atoms with E-state index >= 15 is 0 Å². The molecule has 0 bridgehead atoms. The van der Waals surface area contributed by atoms with Gasteiger partial charge in [-0.25, -0.2) is 0 Å². The van der Waals surface area contributed by atoms with Crippen LogP contribution in [0.2, 0.25) is 9.91 Å². The standard InChI is InChI=1S/C10H20AsNO3/c1-2-8(5-6-10(14)15)11-7-3-4-9(12)13/h8,11H,2-7H2,1H3,(H2,12,13)(H,14,15). The number of carboxylic acids is 1. The second kappa shape index (κ2) is 8.78. The number of hydrogen-bond acceptors (Lipinski definition) is 2. The van der Waals surface area contributed by atoms with E-state index in [0.717, 1.165) is 24.5 Å². The van der Waals surface area contributed by atoms with Gasteiger partial charge in [-0.2, -0.15) is 0 Å². The Kier molecular flexibility index (Phi) is 8.48. The van der Waals surface area contributed by atoms with Crippen molar-refractivity contribution in [1.82, 2.24) is 0 Å². The number of rotatable bonds is 9. The van der Waals surface area contributed by atoms with Gasteiger partial charge in [0.1, 0.15) is 0 Å². The third kappa shape index (κ3) is 9.79. The average Bonchev–Trinajstić information content (AvgIpc) is 2.16. The van der Waals surface area contributed by atoms with E-state index in [1.807, 2.05) is 0 Å². The van der Waals surface area contributed by atoms with E-state index in [4.69, 9.17) is 10.8 Å². The van der Waals surface area contributed by atoms with Gasteiger partial charge in [0.05, 0.1) is 0 Å². The molecule has 0 aromatic carbocycles. The maximum atomic E-state index is 10.5. The normalized spacial score (nSPS) is 13.1. The fourth-order valence-electron chi connectivity index (χ4n) is 1.32. The Hall–Kier alpha value is -0.502. The summed E-state index contributed by atoms with van der Waals surface area (Å²) in [6.07, 6.45) is 3.47. The van der Waals surface area contributed by atoms with Gasteiger partial charge >= 0.3 is 97.0 Å². The summed E-state index contributed by atoms with van der Waals surface area (Å²) in [4.78, 5) is 20.9. The summed E-state index contributed by atoms with van der Waals surface area (Å²) >= 11 is -0.109. The Morgan fingerprint density at radius 3 is 2.53 bits per heavy atom. The molecule has 88 valence electrons. The van der Waals surface area contributed by atoms with Gasteiger partial charge in [0.15, 0.2) is 0 Å². The first-order valence-corrected chi connectivity index (χ1v) is 7.99. The molecule has 0 aliphatic rings. The number of aliphatic carboxylic acids is 1. The van der Waals surface area contributed by atoms with E-state index < -0.39 is 5.97 Å². The Morgan fingerprint density at radius 1 is 1.40 bits per heavy atom. The van der Waals surface area contributed by atoms with Crippen LogP contribution in [0.5, 0.6) is 0 Å². The van der Waals surface area contributed by atoms with Crippen LogP contribution in [0.15, 0.2) is 0 Å². The molecule has 0 aromatic rings. The Labute approximate surface area is 97.3 Å². The molecule has 3 N–H and O–H groups in total. The summed E-state index contributed by atoms with van der Waals surface area (Å²) in [5.74, 6) is -0.947. The van der Waals surface area contributed by atoms with Gasteiger partial charge in [-0.05, 0) is 0 Å². The van der Waals surface area contributed by atoms with Crippen LogP contribution < -0.4 is 5.73 Å². The van der Waals surface area contributed by atoms with Crippen LogP contribution >= 0.6 is 0 Å². The van der Waals surface area contributed by atoms with E-state index in [1.165, 1.54) is 0 Å². The second-order valence-corrected chi connectivity index (χ2v) is 7.18. The summed E-state index contributed by atoms with van der Waals surface area (Å²) in [5.41, 5.74) is 5.04. The van der Waals surface area contributed by atoms with Crippen molar-refractivity contribution < 1.29 is 14.7 Å². The van der Waals surface area contributed by atoms with Gasteiger partial charge in [0.2, 0.25) is 0 Å². The summed E-state index contributed by atoms with van der Waals surface area (Å²) in [7, 11) is 0. The fourth-order valence-corrected chi connectivity index (χ4v) is 4.31. The van der Waals surface area contributed by atoms with Crippen molar-refractivity contribution in [3.8, 4) is 0 Å². The van der Waals surface area contributed by atoms with Gasteiger partial charge in [0.25, 0.3) is 0 Å². The first-order valence-electron chi connectivity index (χ1n) is 5.29. The van der Waals surface area contributed by atoms with Crippen molar-refractivity contribution in [3.63, 3.8) is 0 Å². The molecule has 0 saturated heterocycles. The quantitative estimate of drug-likeness (QED) is 0.490. The van der Waals surface area contributed by atoms with Crippen molar-refractivity contribution in [1.29, 1.82) is 0 Å². The van der Waals surface area contributed by atoms with Gasteiger partial charge in [0, 0.05) is 0 Å². The number of carbonyl (C=O) groups is 2. The van der Waals surface area contributed by atoms with Crippen molar-refractivity contribution in [2.24, 2.45) is 5.73 Å². The minimum absolute atomic E-state index is 0.109. The molecule has 0 heterocycles. The second-order valence-electron chi connectivity index (χ2n) is 3.56. The molecule has 5 heteroatoms. The molecule has 2 atom stereocenters. The Morgan fingerprint density at radius 2 is 2.07 bits per heavy atom. The van der Waals surface area contributed by atoms with Crippen LogP contribution in [0, 0.1) is 0 Å². The molecule has 0 radical (unpaired) electrons. The van der Waals surface area contributed by atoms with Gasteiger partial charge in [-0.1, -0.05) is 0 Å². The van der Waals surface area contributed by atoms with E-state index in [0.29, 0.717) is 11.1 Å². The summed E-state index contributed by atoms with van der Waals surface area (Å²) in [6.45, 7) is 2.10. The molecular weight excluding hydrogens is 257 g/mol. The number of primary amides is 1. The molecule has 2 unspecified atom stereocenters. The molecule has 0 fully saturated rings. The van der Waals surface area contributed by atoms with Crippen molar-refractivity contribution in [2.45, 2.75) is 48.9 Å². The van der Waals surface area contributed by atoms with E-state index in [2.05, 4.69) is 6.92 Å². The van der Waals surface area contributed by atoms with Gasteiger partial charge in [-0.15, -0.1) is 0 Å². The number of hydrogen-bond donors (Lipinski definition) is 2. The molecule has 0 aliphatic carbocycles. The monoisotopic (exact) mass is 277 g/mol. The topological polar surface area (TPSA) is 80.4 Å². The molecule has 4 nitrogen and oxygen atoms in total. The predicted molar refractivity (Wildman–Crippen MR) is 61.3 cm³/mol. The maximum absolute atomic E-state index is 10.5. The summed E-state index contributed by atoms with van der Waals surface area (Å²) in [6, 6.07) is 0. The van der Waals surface area contributed by atoms with Crippen LogP contribution in [-0.2, 0) is 9.59 Å². The minimum atomic E-state index is -0.711. The van der Waals surface area contributed by atoms with E-state index in [-0.39, 0.29) is 28.1 Å². The third-order valence-electron chi connectivity index (χ3n) is 2.23. The first-order chi connectivity index (χ1) is 7.06. The van der Waals surface area contributed by atoms with E-state index in [9.17, 15) is 9.59 Å². The van der Waals surface area contributed by atoms with E-state index in [1.54, 1.807) is 0 Å². The molecular formula is C10H20AsNO3. The molecule has 0 aliphatic heterocycles. The van der Waals surface area contributed by atoms with Crippen molar-refractivity contribution >= 4 is 27.6 Å². The summed E-state index contributed by atoms with van der Waals surface area (Å²) < 4.78 is 0.592. The van der Waals surface area contributed by atoms with Crippen molar-refractivity contribution in [2.75, 3.05) is 0 Å². The zero-order valence-electron chi connectivity index (χ0n) is 9.16. The first kappa shape index (κ1) is 14.5. The summed E-state index contributed by atoms with van der Waals surface area (Å²) in [5, 5.41) is 9.64. The molecule has 1 amide bonds. The predicted octanol–water partition coefficient (Wildman–Crippen LogP) is 1.17. The number of carboxylic acid groups (broad SMARTS) is 1. The van der Waals surface area contributed by atoms with Crippen LogP contribution in [0.1, 0.15) is 39.0 Å². The molecule has 0 saturated carbocycles. The number of amides is 1. The molecule has 0 aromatic heterocycles. The fraction of sp³-hybridized carbons (Fsp3) is 0.800.